The van der Waals surface area contributed by atoms with Crippen molar-refractivity contribution in [3.8, 4) is 17.1 Å². The molecule has 1 N–H and O–H groups in total. The van der Waals surface area contributed by atoms with Gasteiger partial charge in [0.15, 0.2) is 0 Å². The van der Waals surface area contributed by atoms with Gasteiger partial charge in [0.2, 0.25) is 11.7 Å². The molecule has 0 radical (unpaired) electrons. The SMILES string of the molecule is CC(C)(C)c1nc(-c2cccc3c2N(S(=O)(=O)c2ccc(OC(F)(F)F)cc2)Cc2ccc(C(F)(F)F)nc2N3)no1. The smallest absolute Gasteiger partial charge is 0.406 e. The predicted molar refractivity (Wildman–Crippen MR) is 137 cm³/mol. The van der Waals surface area contributed by atoms with E-state index in [1.165, 1.54) is 18.2 Å². The molecule has 0 fully saturated rings. The number of benzene rings is 2. The van der Waals surface area contributed by atoms with Crippen LogP contribution in [0.15, 0.2) is 64.0 Å². The molecule has 1 aliphatic rings. The van der Waals surface area contributed by atoms with Gasteiger partial charge in [0, 0.05) is 16.5 Å². The Balaban J connectivity index is 1.69. The molecular formula is C26H21F6N5O4S. The van der Waals surface area contributed by atoms with Crippen LogP contribution in [0.3, 0.4) is 0 Å². The molecule has 0 atom stereocenters. The first-order valence-corrected chi connectivity index (χ1v) is 13.6. The Bertz CT molecular complexity index is 1750. The first kappa shape index (κ1) is 29.2. The largest absolute Gasteiger partial charge is 0.573 e. The van der Waals surface area contributed by atoms with E-state index in [0.29, 0.717) is 0 Å². The number of rotatable bonds is 4. The highest BCUT2D eigenvalue weighted by Gasteiger charge is 2.37. The molecule has 222 valence electrons. The Hall–Kier alpha value is -4.34. The molecule has 1 aliphatic heterocycles. The molecule has 0 spiro atoms. The van der Waals surface area contributed by atoms with Crippen molar-refractivity contribution in [2.45, 2.75) is 50.2 Å². The minimum Gasteiger partial charge on any atom is -0.406 e. The molecule has 42 heavy (non-hydrogen) atoms. The van der Waals surface area contributed by atoms with E-state index < -0.39 is 50.9 Å². The molecular weight excluding hydrogens is 592 g/mol. The van der Waals surface area contributed by atoms with Crippen molar-refractivity contribution in [3.63, 3.8) is 0 Å². The summed E-state index contributed by atoms with van der Waals surface area (Å²) in [6.45, 7) is 4.97. The van der Waals surface area contributed by atoms with Crippen LogP contribution < -0.4 is 14.4 Å². The molecule has 16 heteroatoms. The van der Waals surface area contributed by atoms with Gasteiger partial charge in [0.05, 0.1) is 22.8 Å². The maximum Gasteiger partial charge on any atom is 0.573 e. The number of alkyl halides is 6. The van der Waals surface area contributed by atoms with E-state index in [0.717, 1.165) is 40.7 Å². The van der Waals surface area contributed by atoms with E-state index in [1.807, 2.05) is 20.8 Å². The summed E-state index contributed by atoms with van der Waals surface area (Å²) in [6.07, 6.45) is -9.76. The molecule has 5 rings (SSSR count). The van der Waals surface area contributed by atoms with E-state index in [2.05, 4.69) is 25.2 Å². The number of nitrogens with zero attached hydrogens (tertiary/aromatic N) is 4. The number of sulfonamides is 1. The minimum atomic E-state index is -4.99. The number of hydrogen-bond donors (Lipinski definition) is 1. The topological polar surface area (TPSA) is 110 Å². The van der Waals surface area contributed by atoms with Gasteiger partial charge in [-0.1, -0.05) is 38.1 Å². The van der Waals surface area contributed by atoms with Gasteiger partial charge in [-0.3, -0.25) is 4.31 Å². The van der Waals surface area contributed by atoms with E-state index in [-0.39, 0.29) is 40.0 Å². The third-order valence-corrected chi connectivity index (χ3v) is 7.84. The van der Waals surface area contributed by atoms with Crippen LogP contribution >= 0.6 is 0 Å². The van der Waals surface area contributed by atoms with E-state index in [1.54, 1.807) is 0 Å². The lowest BCUT2D eigenvalue weighted by atomic mass is 9.97. The first-order chi connectivity index (χ1) is 19.4. The van der Waals surface area contributed by atoms with E-state index in [9.17, 15) is 34.8 Å². The van der Waals surface area contributed by atoms with Crippen LogP contribution in [0.5, 0.6) is 5.75 Å². The molecule has 4 aromatic rings. The number of pyridine rings is 1. The molecule has 3 heterocycles. The fourth-order valence-corrected chi connectivity index (χ4v) is 5.60. The number of anilines is 3. The summed E-state index contributed by atoms with van der Waals surface area (Å²) >= 11 is 0. The summed E-state index contributed by atoms with van der Waals surface area (Å²) in [5.41, 5.74) is -1.49. The van der Waals surface area contributed by atoms with Crippen LogP contribution in [0, 0.1) is 0 Å². The van der Waals surface area contributed by atoms with Crippen molar-refractivity contribution in [2.24, 2.45) is 0 Å². The van der Waals surface area contributed by atoms with Gasteiger partial charge in [-0.25, -0.2) is 13.4 Å². The quantitative estimate of drug-likeness (QED) is 0.250. The molecule has 0 aliphatic carbocycles. The van der Waals surface area contributed by atoms with Crippen molar-refractivity contribution in [1.29, 1.82) is 0 Å². The molecule has 2 aromatic carbocycles. The zero-order chi connectivity index (χ0) is 30.7. The standard InChI is InChI=1S/C26H21F6N5O4S/c1-24(2,3)23-35-22(36-41-23)17-5-4-6-18-20(17)37(13-14-7-12-19(25(27,28)29)34-21(14)33-18)42(38,39)16-10-8-15(9-11-16)40-26(30,31)32/h4-12H,13H2,1-3H3,(H,33,34). The Kier molecular flexibility index (Phi) is 6.87. The molecule has 2 aromatic heterocycles. The highest BCUT2D eigenvalue weighted by molar-refractivity contribution is 7.92. The lowest BCUT2D eigenvalue weighted by molar-refractivity contribution is -0.274. The lowest BCUT2D eigenvalue weighted by Crippen LogP contribution is -2.31. The second-order valence-electron chi connectivity index (χ2n) is 10.2. The molecule has 9 nitrogen and oxygen atoms in total. The van der Waals surface area contributed by atoms with Gasteiger partial charge in [0.1, 0.15) is 17.3 Å². The normalized spacial score (nSPS) is 14.1. The number of nitrogens with one attached hydrogen (secondary N) is 1. The monoisotopic (exact) mass is 613 g/mol. The minimum absolute atomic E-state index is 0.00240. The average molecular weight is 614 g/mol. The third-order valence-electron chi connectivity index (χ3n) is 6.08. The van der Waals surface area contributed by atoms with E-state index in [4.69, 9.17) is 4.52 Å². The first-order valence-electron chi connectivity index (χ1n) is 12.1. The summed E-state index contributed by atoms with van der Waals surface area (Å²) in [6, 6.07) is 9.80. The van der Waals surface area contributed by atoms with Crippen LogP contribution in [-0.2, 0) is 28.2 Å². The summed E-state index contributed by atoms with van der Waals surface area (Å²) in [7, 11) is -4.57. The average Bonchev–Trinajstić information content (AvgIpc) is 3.31. The van der Waals surface area contributed by atoms with Crippen molar-refractivity contribution < 1.29 is 44.0 Å². The number of halogens is 6. The second kappa shape index (κ2) is 9.89. The highest BCUT2D eigenvalue weighted by atomic mass is 32.2. The number of ether oxygens (including phenoxy) is 1. The fourth-order valence-electron chi connectivity index (χ4n) is 4.12. The third kappa shape index (κ3) is 5.70. The zero-order valence-corrected chi connectivity index (χ0v) is 22.8. The fraction of sp³-hybridized carbons (Fsp3) is 0.269. The lowest BCUT2D eigenvalue weighted by Gasteiger charge is -2.26. The molecule has 0 unspecified atom stereocenters. The van der Waals surface area contributed by atoms with Crippen molar-refractivity contribution in [3.05, 3.63) is 71.7 Å². The Morgan fingerprint density at radius 2 is 1.62 bits per heavy atom. The molecule has 0 saturated heterocycles. The van der Waals surface area contributed by atoms with Gasteiger partial charge in [-0.05, 0) is 42.5 Å². The van der Waals surface area contributed by atoms with Crippen LogP contribution in [0.25, 0.3) is 11.4 Å². The Morgan fingerprint density at radius 3 is 2.21 bits per heavy atom. The summed E-state index contributed by atoms with van der Waals surface area (Å²) in [5, 5.41) is 6.80. The number of para-hydroxylation sites is 1. The van der Waals surface area contributed by atoms with Crippen molar-refractivity contribution >= 4 is 27.2 Å². The summed E-state index contributed by atoms with van der Waals surface area (Å²) in [5.74, 6) is -0.636. The van der Waals surface area contributed by atoms with E-state index >= 15 is 0 Å². The zero-order valence-electron chi connectivity index (χ0n) is 22.0. The van der Waals surface area contributed by atoms with Gasteiger partial charge in [-0.2, -0.15) is 18.2 Å². The maximum atomic E-state index is 14.1. The Morgan fingerprint density at radius 1 is 0.929 bits per heavy atom. The van der Waals surface area contributed by atoms with Gasteiger partial charge in [0.25, 0.3) is 10.0 Å². The van der Waals surface area contributed by atoms with Crippen LogP contribution in [0.2, 0.25) is 0 Å². The van der Waals surface area contributed by atoms with Gasteiger partial charge < -0.3 is 14.6 Å². The molecule has 0 saturated carbocycles. The van der Waals surface area contributed by atoms with Crippen molar-refractivity contribution in [1.82, 2.24) is 15.1 Å². The summed E-state index contributed by atoms with van der Waals surface area (Å²) < 4.78 is 117. The number of fused-ring (bicyclic) bond motifs is 2. The summed E-state index contributed by atoms with van der Waals surface area (Å²) in [4.78, 5) is 7.68. The van der Waals surface area contributed by atoms with Crippen LogP contribution in [0.1, 0.15) is 37.9 Å². The van der Waals surface area contributed by atoms with Gasteiger partial charge >= 0.3 is 12.5 Å². The highest BCUT2D eigenvalue weighted by Crippen LogP contribution is 2.45. The number of hydrogen-bond acceptors (Lipinski definition) is 8. The van der Waals surface area contributed by atoms with Gasteiger partial charge in [-0.15, -0.1) is 13.2 Å². The predicted octanol–water partition coefficient (Wildman–Crippen LogP) is 6.80. The molecule has 0 bridgehead atoms. The van der Waals surface area contributed by atoms with Crippen molar-refractivity contribution in [2.75, 3.05) is 9.62 Å². The van der Waals surface area contributed by atoms with Crippen LogP contribution in [-0.4, -0.2) is 29.9 Å². The maximum absolute atomic E-state index is 14.1. The number of aromatic nitrogens is 3. The Labute approximate surface area is 235 Å². The second-order valence-corrected chi connectivity index (χ2v) is 12.1. The van der Waals surface area contributed by atoms with Crippen LogP contribution in [0.4, 0.5) is 43.5 Å². The molecule has 0 amide bonds.